The molecular weight excluding hydrogens is 120 g/mol. The third kappa shape index (κ3) is 1.73. The fourth-order valence-electron chi connectivity index (χ4n) is 1.29. The molecule has 0 aromatic carbocycles. The molecule has 1 rings (SSSR count). The van der Waals surface area contributed by atoms with Crippen molar-refractivity contribution in [3.8, 4) is 0 Å². The number of hydrogen-bond donors (Lipinski definition) is 0. The summed E-state index contributed by atoms with van der Waals surface area (Å²) < 4.78 is 0. The molecule has 0 N–H and O–H groups in total. The number of hydrogen-bond acceptors (Lipinski definition) is 0. The first-order valence-corrected chi connectivity index (χ1v) is 4.20. The highest BCUT2D eigenvalue weighted by Gasteiger charge is 2.05. The molecule has 10 heavy (non-hydrogen) atoms. The zero-order valence-corrected chi connectivity index (χ0v) is 6.93. The Bertz CT molecular complexity index is 151. The molecule has 0 heterocycles. The molecule has 0 heteroatoms. The van der Waals surface area contributed by atoms with Crippen LogP contribution in [0.4, 0.5) is 0 Å². The minimum absolute atomic E-state index is 0.796. The van der Waals surface area contributed by atoms with E-state index in [9.17, 15) is 0 Å². The molecule has 0 amide bonds. The molecule has 0 aliphatic heterocycles. The summed E-state index contributed by atoms with van der Waals surface area (Å²) in [5, 5.41) is 0. The molecule has 56 valence electrons. The summed E-state index contributed by atoms with van der Waals surface area (Å²) >= 11 is 0. The van der Waals surface area contributed by atoms with Crippen molar-refractivity contribution in [1.29, 1.82) is 0 Å². The molecule has 1 aliphatic rings. The van der Waals surface area contributed by atoms with Gasteiger partial charge in [0.25, 0.3) is 0 Å². The van der Waals surface area contributed by atoms with E-state index in [4.69, 9.17) is 0 Å². The van der Waals surface area contributed by atoms with Gasteiger partial charge in [0.2, 0.25) is 0 Å². The molecule has 0 nitrogen and oxygen atoms in total. The van der Waals surface area contributed by atoms with E-state index in [0.29, 0.717) is 0 Å². The van der Waals surface area contributed by atoms with Crippen LogP contribution in [-0.4, -0.2) is 0 Å². The first kappa shape index (κ1) is 7.59. The van der Waals surface area contributed by atoms with Crippen molar-refractivity contribution >= 4 is 0 Å². The van der Waals surface area contributed by atoms with Gasteiger partial charge in [-0.05, 0) is 25.2 Å². The van der Waals surface area contributed by atoms with Crippen molar-refractivity contribution in [3.63, 3.8) is 0 Å². The Balaban J connectivity index is 2.53. The predicted octanol–water partition coefficient (Wildman–Crippen LogP) is 3.31. The lowest BCUT2D eigenvalue weighted by Crippen LogP contribution is -1.98. The van der Waals surface area contributed by atoms with Gasteiger partial charge in [-0.2, -0.15) is 0 Å². The van der Waals surface area contributed by atoms with Gasteiger partial charge in [0.15, 0.2) is 0 Å². The molecule has 0 fully saturated rings. The van der Waals surface area contributed by atoms with E-state index < -0.39 is 0 Å². The van der Waals surface area contributed by atoms with Crippen molar-refractivity contribution in [2.75, 3.05) is 0 Å². The summed E-state index contributed by atoms with van der Waals surface area (Å²) in [6.45, 7) is 4.56. The Morgan fingerprint density at radius 2 is 2.40 bits per heavy atom. The van der Waals surface area contributed by atoms with Crippen LogP contribution in [0.2, 0.25) is 0 Å². The van der Waals surface area contributed by atoms with Crippen molar-refractivity contribution in [3.05, 3.63) is 23.8 Å². The number of rotatable bonds is 2. The third-order valence-corrected chi connectivity index (χ3v) is 2.29. The predicted molar refractivity (Wildman–Crippen MR) is 45.9 cm³/mol. The Labute approximate surface area is 63.6 Å². The van der Waals surface area contributed by atoms with E-state index >= 15 is 0 Å². The van der Waals surface area contributed by atoms with Gasteiger partial charge in [-0.1, -0.05) is 37.6 Å². The topological polar surface area (TPSA) is 0 Å². The summed E-state index contributed by atoms with van der Waals surface area (Å²) in [5.41, 5.74) is 1.63. The minimum atomic E-state index is 0.796. The van der Waals surface area contributed by atoms with Gasteiger partial charge in [0.05, 0.1) is 0 Å². The van der Waals surface area contributed by atoms with E-state index in [1.54, 1.807) is 5.57 Å². The normalized spacial score (nSPS) is 20.4. The second-order valence-corrected chi connectivity index (χ2v) is 3.02. The van der Waals surface area contributed by atoms with Crippen LogP contribution in [0, 0.1) is 5.92 Å². The van der Waals surface area contributed by atoms with Crippen molar-refractivity contribution < 1.29 is 0 Å². The number of allylic oxidation sites excluding steroid dienone is 4. The minimum Gasteiger partial charge on any atom is -0.0842 e. The molecule has 0 saturated carbocycles. The van der Waals surface area contributed by atoms with Gasteiger partial charge in [-0.25, -0.2) is 0 Å². The van der Waals surface area contributed by atoms with Crippen molar-refractivity contribution in [2.45, 2.75) is 33.1 Å². The fourth-order valence-corrected chi connectivity index (χ4v) is 1.29. The first-order valence-electron chi connectivity index (χ1n) is 4.20. The Hall–Kier alpha value is -0.520. The Kier molecular flexibility index (Phi) is 2.73. The second-order valence-electron chi connectivity index (χ2n) is 3.02. The van der Waals surface area contributed by atoms with Crippen molar-refractivity contribution in [2.24, 2.45) is 5.92 Å². The zero-order chi connectivity index (χ0) is 7.40. The standard InChI is InChI=1S/C10H16/c1-3-9(2)10-7-5-4-6-8-10/h4-5,7,9H,3,6,8H2,1-2H3. The van der Waals surface area contributed by atoms with E-state index in [1.165, 1.54) is 19.3 Å². The van der Waals surface area contributed by atoms with E-state index in [0.717, 1.165) is 5.92 Å². The summed E-state index contributed by atoms with van der Waals surface area (Å²) in [5.74, 6) is 0.796. The average molecular weight is 136 g/mol. The quantitative estimate of drug-likeness (QED) is 0.546. The lowest BCUT2D eigenvalue weighted by Gasteiger charge is -2.14. The first-order chi connectivity index (χ1) is 4.84. The lowest BCUT2D eigenvalue weighted by molar-refractivity contribution is 0.622. The van der Waals surface area contributed by atoms with Gasteiger partial charge in [0.1, 0.15) is 0 Å². The maximum Gasteiger partial charge on any atom is -0.0231 e. The zero-order valence-electron chi connectivity index (χ0n) is 6.93. The maximum atomic E-state index is 2.31. The molecule has 0 aromatic heterocycles. The highest BCUT2D eigenvalue weighted by atomic mass is 14.1. The third-order valence-electron chi connectivity index (χ3n) is 2.29. The van der Waals surface area contributed by atoms with Gasteiger partial charge < -0.3 is 0 Å². The summed E-state index contributed by atoms with van der Waals surface area (Å²) in [7, 11) is 0. The molecule has 0 bridgehead atoms. The van der Waals surface area contributed by atoms with Gasteiger partial charge in [-0.15, -0.1) is 0 Å². The van der Waals surface area contributed by atoms with E-state index in [-0.39, 0.29) is 0 Å². The molecule has 1 aliphatic carbocycles. The SMILES string of the molecule is CCC(C)C1=CC=CCC1. The van der Waals surface area contributed by atoms with Crippen LogP contribution in [0.15, 0.2) is 23.8 Å². The van der Waals surface area contributed by atoms with Gasteiger partial charge in [-0.3, -0.25) is 0 Å². The van der Waals surface area contributed by atoms with Gasteiger partial charge >= 0.3 is 0 Å². The van der Waals surface area contributed by atoms with Crippen LogP contribution in [-0.2, 0) is 0 Å². The largest absolute Gasteiger partial charge is 0.0842 e. The lowest BCUT2D eigenvalue weighted by atomic mass is 9.92. The molecule has 1 atom stereocenters. The van der Waals surface area contributed by atoms with Crippen LogP contribution in [0.5, 0.6) is 0 Å². The van der Waals surface area contributed by atoms with Crippen LogP contribution < -0.4 is 0 Å². The highest BCUT2D eigenvalue weighted by molar-refractivity contribution is 5.19. The van der Waals surface area contributed by atoms with Crippen LogP contribution in [0.3, 0.4) is 0 Å². The smallest absolute Gasteiger partial charge is 0.0231 e. The fraction of sp³-hybridized carbons (Fsp3) is 0.600. The van der Waals surface area contributed by atoms with Crippen molar-refractivity contribution in [1.82, 2.24) is 0 Å². The van der Waals surface area contributed by atoms with Gasteiger partial charge in [0, 0.05) is 0 Å². The van der Waals surface area contributed by atoms with E-state index in [1.807, 2.05) is 0 Å². The molecular formula is C10H16. The van der Waals surface area contributed by atoms with Crippen LogP contribution in [0.1, 0.15) is 33.1 Å². The molecule has 0 saturated heterocycles. The maximum absolute atomic E-state index is 2.31. The monoisotopic (exact) mass is 136 g/mol. The molecule has 1 unspecified atom stereocenters. The molecule has 0 aromatic rings. The second kappa shape index (κ2) is 3.60. The molecule has 0 spiro atoms. The Morgan fingerprint density at radius 1 is 1.60 bits per heavy atom. The summed E-state index contributed by atoms with van der Waals surface area (Å²) in [6, 6.07) is 0. The van der Waals surface area contributed by atoms with Crippen LogP contribution in [0.25, 0.3) is 0 Å². The van der Waals surface area contributed by atoms with E-state index in [2.05, 4.69) is 32.1 Å². The summed E-state index contributed by atoms with van der Waals surface area (Å²) in [4.78, 5) is 0. The highest BCUT2D eigenvalue weighted by Crippen LogP contribution is 2.22. The molecule has 0 radical (unpaired) electrons. The average Bonchev–Trinajstić information content (AvgIpc) is 2.05. The summed E-state index contributed by atoms with van der Waals surface area (Å²) in [6.07, 6.45) is 10.5. The van der Waals surface area contributed by atoms with Crippen LogP contribution >= 0.6 is 0 Å². The Morgan fingerprint density at radius 3 is 2.90 bits per heavy atom.